The third-order valence-electron chi connectivity index (χ3n) is 2.87. The molecule has 0 amide bonds. The minimum Gasteiger partial charge on any atom is -0.293 e. The van der Waals surface area contributed by atoms with Gasteiger partial charge in [0.05, 0.1) is 10.5 Å². The Morgan fingerprint density at radius 2 is 1.93 bits per heavy atom. The summed E-state index contributed by atoms with van der Waals surface area (Å²) in [6.45, 7) is 2.67. The van der Waals surface area contributed by atoms with Crippen molar-refractivity contribution in [3.05, 3.63) is 0 Å². The maximum atomic E-state index is 12.1. The maximum absolute atomic E-state index is 12.1. The van der Waals surface area contributed by atoms with Crippen LogP contribution in [0.1, 0.15) is 20.3 Å². The number of alkyl halides is 2. The number of carbonyl (C=O) groups excluding carboxylic acids is 1. The normalized spacial score (nSPS) is 29.4. The zero-order valence-corrected chi connectivity index (χ0v) is 8.77. The van der Waals surface area contributed by atoms with Gasteiger partial charge in [-0.3, -0.25) is 4.79 Å². The van der Waals surface area contributed by atoms with E-state index in [0.29, 0.717) is 0 Å². The van der Waals surface area contributed by atoms with Crippen molar-refractivity contribution < 1.29 is 22.0 Å². The van der Waals surface area contributed by atoms with Gasteiger partial charge in [0.1, 0.15) is 0 Å². The van der Waals surface area contributed by atoms with E-state index in [1.165, 1.54) is 13.8 Å². The number of hydrogen-bond acceptors (Lipinski definition) is 3. The summed E-state index contributed by atoms with van der Waals surface area (Å²) in [5.41, 5.74) is 0. The van der Waals surface area contributed by atoms with Gasteiger partial charge in [-0.15, -0.1) is 0 Å². The lowest BCUT2D eigenvalue weighted by molar-refractivity contribution is -0.134. The van der Waals surface area contributed by atoms with Gasteiger partial charge in [-0.2, -0.15) is 0 Å². The number of rotatable bonds is 2. The highest BCUT2D eigenvalue weighted by atomic mass is 32.2. The van der Waals surface area contributed by atoms with Crippen molar-refractivity contribution in [2.24, 2.45) is 5.92 Å². The van der Waals surface area contributed by atoms with E-state index in [0.717, 1.165) is 0 Å². The fourth-order valence-corrected chi connectivity index (χ4v) is 3.48. The average Bonchev–Trinajstić information content (AvgIpc) is 2.21. The van der Waals surface area contributed by atoms with Crippen LogP contribution in [0.15, 0.2) is 0 Å². The first-order valence-electron chi connectivity index (χ1n) is 4.24. The van der Waals surface area contributed by atoms with Crippen molar-refractivity contribution in [2.75, 3.05) is 5.75 Å². The summed E-state index contributed by atoms with van der Waals surface area (Å²) >= 11 is 0. The molecule has 0 radical (unpaired) electrons. The number of ketones is 1. The topological polar surface area (TPSA) is 51.2 Å². The van der Waals surface area contributed by atoms with Crippen molar-refractivity contribution in [3.63, 3.8) is 0 Å². The molecular weight excluding hydrogens is 214 g/mol. The van der Waals surface area contributed by atoms with Gasteiger partial charge in [0.25, 0.3) is 6.43 Å². The minimum absolute atomic E-state index is 0.0124. The standard InChI is InChI=1S/C8H12F2O3S/c1-8(2)5(6(11)7(9)10)3-4-14(8,12)13/h5,7H,3-4H2,1-2H3. The second-order valence-corrected chi connectivity index (χ2v) is 6.66. The predicted octanol–water partition coefficient (Wildman–Crippen LogP) is 1.03. The summed E-state index contributed by atoms with van der Waals surface area (Å²) in [6, 6.07) is 0. The molecule has 0 aliphatic carbocycles. The van der Waals surface area contributed by atoms with Gasteiger partial charge in [0, 0.05) is 5.92 Å². The van der Waals surface area contributed by atoms with Crippen LogP contribution in [0.2, 0.25) is 0 Å². The predicted molar refractivity (Wildman–Crippen MR) is 47.0 cm³/mol. The lowest BCUT2D eigenvalue weighted by atomic mass is 9.89. The van der Waals surface area contributed by atoms with Gasteiger partial charge in [-0.1, -0.05) is 0 Å². The lowest BCUT2D eigenvalue weighted by Gasteiger charge is -2.23. The van der Waals surface area contributed by atoms with E-state index in [2.05, 4.69) is 0 Å². The number of Topliss-reactive ketones (excluding diaryl/α,β-unsaturated/α-hetero) is 1. The van der Waals surface area contributed by atoms with E-state index >= 15 is 0 Å². The van der Waals surface area contributed by atoms with Gasteiger partial charge in [-0.25, -0.2) is 17.2 Å². The largest absolute Gasteiger partial charge is 0.296 e. The average molecular weight is 226 g/mol. The van der Waals surface area contributed by atoms with Crippen molar-refractivity contribution in [3.8, 4) is 0 Å². The Morgan fingerprint density at radius 1 is 1.43 bits per heavy atom. The van der Waals surface area contributed by atoms with Crippen LogP contribution < -0.4 is 0 Å². The molecular formula is C8H12F2O3S. The van der Waals surface area contributed by atoms with Crippen LogP contribution in [0, 0.1) is 5.92 Å². The molecule has 1 aliphatic rings. The Balaban J connectivity index is 3.02. The molecule has 1 rings (SSSR count). The van der Waals surface area contributed by atoms with Gasteiger partial charge in [-0.05, 0) is 20.3 Å². The molecule has 3 nitrogen and oxygen atoms in total. The molecule has 0 aromatic carbocycles. The van der Waals surface area contributed by atoms with Gasteiger partial charge in [0.2, 0.25) is 5.78 Å². The van der Waals surface area contributed by atoms with Gasteiger partial charge in [0.15, 0.2) is 9.84 Å². The first kappa shape index (κ1) is 11.6. The van der Waals surface area contributed by atoms with E-state index in [1.54, 1.807) is 0 Å². The Morgan fingerprint density at radius 3 is 2.21 bits per heavy atom. The zero-order valence-electron chi connectivity index (χ0n) is 7.96. The highest BCUT2D eigenvalue weighted by Crippen LogP contribution is 2.38. The zero-order chi connectivity index (χ0) is 11.1. The second-order valence-electron chi connectivity index (χ2n) is 3.97. The molecule has 1 atom stereocenters. The van der Waals surface area contributed by atoms with Crippen LogP contribution in [0.3, 0.4) is 0 Å². The Kier molecular flexibility index (Phi) is 2.69. The third kappa shape index (κ3) is 1.55. The van der Waals surface area contributed by atoms with Crippen molar-refractivity contribution in [2.45, 2.75) is 31.4 Å². The minimum atomic E-state index is -3.41. The lowest BCUT2D eigenvalue weighted by Crippen LogP contribution is -2.39. The molecule has 1 fully saturated rings. The molecule has 1 unspecified atom stereocenters. The van der Waals surface area contributed by atoms with Crippen LogP contribution in [0.5, 0.6) is 0 Å². The van der Waals surface area contributed by atoms with Gasteiger partial charge >= 0.3 is 0 Å². The Hall–Kier alpha value is -0.520. The van der Waals surface area contributed by atoms with Gasteiger partial charge < -0.3 is 0 Å². The summed E-state index contributed by atoms with van der Waals surface area (Å²) in [5.74, 6) is -2.49. The van der Waals surface area contributed by atoms with E-state index in [9.17, 15) is 22.0 Å². The molecule has 1 aliphatic heterocycles. The van der Waals surface area contributed by atoms with Crippen molar-refractivity contribution in [1.29, 1.82) is 0 Å². The summed E-state index contributed by atoms with van der Waals surface area (Å²) in [5, 5.41) is 0. The molecule has 14 heavy (non-hydrogen) atoms. The molecule has 82 valence electrons. The van der Waals surface area contributed by atoms with E-state index in [-0.39, 0.29) is 12.2 Å². The van der Waals surface area contributed by atoms with Crippen LogP contribution in [0.4, 0.5) is 8.78 Å². The van der Waals surface area contributed by atoms with E-state index in [4.69, 9.17) is 0 Å². The molecule has 0 spiro atoms. The Labute approximate surface area is 81.4 Å². The smallest absolute Gasteiger partial charge is 0.293 e. The van der Waals surface area contributed by atoms with Crippen LogP contribution in [0.25, 0.3) is 0 Å². The number of halogens is 2. The second kappa shape index (κ2) is 3.25. The molecule has 6 heteroatoms. The summed E-state index contributed by atoms with van der Waals surface area (Å²) < 4.78 is 45.8. The SMILES string of the molecule is CC1(C)C(C(=O)C(F)F)CCS1(=O)=O. The number of carbonyl (C=O) groups is 1. The number of sulfone groups is 1. The molecule has 1 saturated heterocycles. The summed E-state index contributed by atoms with van der Waals surface area (Å²) in [7, 11) is -3.41. The molecule has 0 bridgehead atoms. The summed E-state index contributed by atoms with van der Waals surface area (Å²) in [6.07, 6.45) is -3.06. The summed E-state index contributed by atoms with van der Waals surface area (Å²) in [4.78, 5) is 11.0. The molecule has 0 N–H and O–H groups in total. The first-order chi connectivity index (χ1) is 6.20. The quantitative estimate of drug-likeness (QED) is 0.706. The molecule has 0 saturated carbocycles. The fraction of sp³-hybridized carbons (Fsp3) is 0.875. The highest BCUT2D eigenvalue weighted by Gasteiger charge is 2.52. The fourth-order valence-electron chi connectivity index (χ4n) is 1.74. The monoisotopic (exact) mass is 226 g/mol. The van der Waals surface area contributed by atoms with Crippen molar-refractivity contribution >= 4 is 15.6 Å². The maximum Gasteiger partial charge on any atom is 0.296 e. The van der Waals surface area contributed by atoms with Crippen LogP contribution >= 0.6 is 0 Å². The molecule has 0 aromatic heterocycles. The van der Waals surface area contributed by atoms with E-state index in [1.807, 2.05) is 0 Å². The first-order valence-corrected chi connectivity index (χ1v) is 5.89. The Bertz CT molecular complexity index is 346. The van der Waals surface area contributed by atoms with Crippen molar-refractivity contribution in [1.82, 2.24) is 0 Å². The third-order valence-corrected chi connectivity index (χ3v) is 5.54. The van der Waals surface area contributed by atoms with E-state index < -0.39 is 32.7 Å². The van der Waals surface area contributed by atoms with Crippen LogP contribution in [-0.4, -0.2) is 31.1 Å². The molecule has 0 aromatic rings. The number of hydrogen-bond donors (Lipinski definition) is 0. The molecule has 1 heterocycles. The van der Waals surface area contributed by atoms with Crippen LogP contribution in [-0.2, 0) is 14.6 Å². The highest BCUT2D eigenvalue weighted by molar-refractivity contribution is 7.93.